The van der Waals surface area contributed by atoms with Gasteiger partial charge >= 0.3 is 0 Å². The highest BCUT2D eigenvalue weighted by molar-refractivity contribution is 5.33. The zero-order valence-corrected chi connectivity index (χ0v) is 16.8. The second-order valence-corrected chi connectivity index (χ2v) is 7.44. The Morgan fingerprint density at radius 2 is 1.70 bits per heavy atom. The van der Waals surface area contributed by atoms with Crippen LogP contribution in [0.3, 0.4) is 0 Å². The lowest BCUT2D eigenvalue weighted by Gasteiger charge is -2.28. The first-order valence-corrected chi connectivity index (χ1v) is 10.0. The molecule has 1 aliphatic rings. The van der Waals surface area contributed by atoms with Gasteiger partial charge in [0.1, 0.15) is 11.5 Å². The summed E-state index contributed by atoms with van der Waals surface area (Å²) in [6.07, 6.45) is 2.76. The van der Waals surface area contributed by atoms with Gasteiger partial charge in [-0.25, -0.2) is 0 Å². The topological polar surface area (TPSA) is 33.7 Å². The van der Waals surface area contributed by atoms with Crippen molar-refractivity contribution in [1.29, 1.82) is 0 Å². The fraction of sp³-hybridized carbons (Fsp3) is 0.478. The SMILES string of the molecule is COc1ccc(C(CNCc2ccccc2OC(C)C)N2CCCC2)cc1. The molecule has 1 saturated heterocycles. The molecule has 2 aromatic carbocycles. The molecule has 3 rings (SSSR count). The molecular weight excluding hydrogens is 336 g/mol. The largest absolute Gasteiger partial charge is 0.497 e. The van der Waals surface area contributed by atoms with E-state index in [4.69, 9.17) is 9.47 Å². The summed E-state index contributed by atoms with van der Waals surface area (Å²) < 4.78 is 11.3. The Bertz CT molecular complexity index is 694. The van der Waals surface area contributed by atoms with Crippen molar-refractivity contribution in [1.82, 2.24) is 10.2 Å². The van der Waals surface area contributed by atoms with Crippen LogP contribution < -0.4 is 14.8 Å². The maximum absolute atomic E-state index is 5.95. The van der Waals surface area contributed by atoms with Gasteiger partial charge in [0.15, 0.2) is 0 Å². The molecule has 0 saturated carbocycles. The molecule has 2 aromatic rings. The monoisotopic (exact) mass is 368 g/mol. The molecule has 0 amide bonds. The summed E-state index contributed by atoms with van der Waals surface area (Å²) in [5, 5.41) is 3.67. The van der Waals surface area contributed by atoms with Crippen molar-refractivity contribution in [2.24, 2.45) is 0 Å². The highest BCUT2D eigenvalue weighted by Gasteiger charge is 2.23. The lowest BCUT2D eigenvalue weighted by atomic mass is 10.0. The number of nitrogens with one attached hydrogen (secondary N) is 1. The highest BCUT2D eigenvalue weighted by atomic mass is 16.5. The summed E-state index contributed by atoms with van der Waals surface area (Å²) in [4.78, 5) is 2.59. The summed E-state index contributed by atoms with van der Waals surface area (Å²) >= 11 is 0. The van der Waals surface area contributed by atoms with E-state index >= 15 is 0 Å². The molecular formula is C23H32N2O2. The molecule has 1 unspecified atom stereocenters. The summed E-state index contributed by atoms with van der Waals surface area (Å²) in [6, 6.07) is 17.2. The molecule has 0 aromatic heterocycles. The van der Waals surface area contributed by atoms with Crippen LogP contribution >= 0.6 is 0 Å². The quantitative estimate of drug-likeness (QED) is 0.711. The van der Waals surface area contributed by atoms with E-state index in [1.165, 1.54) is 37.1 Å². The Hall–Kier alpha value is -2.04. The molecule has 4 heteroatoms. The van der Waals surface area contributed by atoms with Gasteiger partial charge in [-0.1, -0.05) is 30.3 Å². The summed E-state index contributed by atoms with van der Waals surface area (Å²) in [7, 11) is 1.71. The maximum Gasteiger partial charge on any atom is 0.124 e. The molecule has 1 fully saturated rings. The lowest BCUT2D eigenvalue weighted by Crippen LogP contribution is -2.34. The number of ether oxygens (including phenoxy) is 2. The maximum atomic E-state index is 5.95. The van der Waals surface area contributed by atoms with Crippen LogP contribution in [0.15, 0.2) is 48.5 Å². The first kappa shape index (κ1) is 19.7. The lowest BCUT2D eigenvalue weighted by molar-refractivity contribution is 0.232. The number of hydrogen-bond acceptors (Lipinski definition) is 4. The second kappa shape index (κ2) is 9.77. The van der Waals surface area contributed by atoms with Crippen molar-refractivity contribution in [2.45, 2.75) is 45.4 Å². The molecule has 146 valence electrons. The third-order valence-electron chi connectivity index (χ3n) is 5.07. The number of benzene rings is 2. The van der Waals surface area contributed by atoms with Gasteiger partial charge in [-0.05, 0) is 63.5 Å². The van der Waals surface area contributed by atoms with Gasteiger partial charge in [0.2, 0.25) is 0 Å². The van der Waals surface area contributed by atoms with Crippen LogP contribution in [0.4, 0.5) is 0 Å². The zero-order valence-electron chi connectivity index (χ0n) is 16.8. The third kappa shape index (κ3) is 5.47. The average molecular weight is 369 g/mol. The van der Waals surface area contributed by atoms with Crippen molar-refractivity contribution in [2.75, 3.05) is 26.7 Å². The van der Waals surface area contributed by atoms with Crippen LogP contribution in [0.5, 0.6) is 11.5 Å². The predicted octanol–water partition coefficient (Wildman–Crippen LogP) is 4.41. The number of para-hydroxylation sites is 1. The molecule has 0 spiro atoms. The second-order valence-electron chi connectivity index (χ2n) is 7.44. The van der Waals surface area contributed by atoms with E-state index < -0.39 is 0 Å². The van der Waals surface area contributed by atoms with Crippen molar-refractivity contribution >= 4 is 0 Å². The summed E-state index contributed by atoms with van der Waals surface area (Å²) in [6.45, 7) is 8.21. The van der Waals surface area contributed by atoms with Crippen LogP contribution in [0.2, 0.25) is 0 Å². The fourth-order valence-electron chi connectivity index (χ4n) is 3.70. The Kier molecular flexibility index (Phi) is 7.13. The fourth-order valence-corrected chi connectivity index (χ4v) is 3.70. The Labute approximate surface area is 163 Å². The minimum absolute atomic E-state index is 0.183. The van der Waals surface area contributed by atoms with Crippen molar-refractivity contribution in [3.63, 3.8) is 0 Å². The van der Waals surface area contributed by atoms with Gasteiger partial charge in [0.25, 0.3) is 0 Å². The first-order chi connectivity index (χ1) is 13.2. The van der Waals surface area contributed by atoms with Crippen LogP contribution in [-0.4, -0.2) is 37.7 Å². The van der Waals surface area contributed by atoms with Gasteiger partial charge in [-0.2, -0.15) is 0 Å². The smallest absolute Gasteiger partial charge is 0.124 e. The van der Waals surface area contributed by atoms with E-state index in [0.717, 1.165) is 24.6 Å². The Morgan fingerprint density at radius 3 is 2.37 bits per heavy atom. The molecule has 1 atom stereocenters. The number of hydrogen-bond donors (Lipinski definition) is 1. The molecule has 0 radical (unpaired) electrons. The van der Waals surface area contributed by atoms with Gasteiger partial charge < -0.3 is 14.8 Å². The molecule has 1 aliphatic heterocycles. The van der Waals surface area contributed by atoms with Gasteiger partial charge in [0, 0.05) is 24.7 Å². The summed E-state index contributed by atoms with van der Waals surface area (Å²) in [5.74, 6) is 1.88. The number of rotatable bonds is 9. The standard InChI is InChI=1S/C23H32N2O2/c1-18(2)27-23-9-5-4-8-20(23)16-24-17-22(25-14-6-7-15-25)19-10-12-21(26-3)13-11-19/h4-5,8-13,18,22,24H,6-7,14-17H2,1-3H3. The minimum Gasteiger partial charge on any atom is -0.497 e. The number of methoxy groups -OCH3 is 1. The van der Waals surface area contributed by atoms with E-state index in [9.17, 15) is 0 Å². The highest BCUT2D eigenvalue weighted by Crippen LogP contribution is 2.27. The molecule has 27 heavy (non-hydrogen) atoms. The Balaban J connectivity index is 1.66. The molecule has 4 nitrogen and oxygen atoms in total. The van der Waals surface area contributed by atoms with E-state index in [2.05, 4.69) is 66.5 Å². The zero-order chi connectivity index (χ0) is 19.1. The Morgan fingerprint density at radius 1 is 1.00 bits per heavy atom. The van der Waals surface area contributed by atoms with Gasteiger partial charge in [0.05, 0.1) is 13.2 Å². The van der Waals surface area contributed by atoms with E-state index in [1.807, 2.05) is 6.07 Å². The van der Waals surface area contributed by atoms with Gasteiger partial charge in [-0.15, -0.1) is 0 Å². The van der Waals surface area contributed by atoms with E-state index in [0.29, 0.717) is 6.04 Å². The molecule has 0 bridgehead atoms. The first-order valence-electron chi connectivity index (χ1n) is 10.0. The number of likely N-dealkylation sites (tertiary alicyclic amines) is 1. The van der Waals surface area contributed by atoms with Crippen LogP contribution in [-0.2, 0) is 6.54 Å². The van der Waals surface area contributed by atoms with Crippen molar-refractivity contribution in [3.8, 4) is 11.5 Å². The molecule has 0 aliphatic carbocycles. The van der Waals surface area contributed by atoms with E-state index in [1.54, 1.807) is 7.11 Å². The predicted molar refractivity (Wildman–Crippen MR) is 110 cm³/mol. The molecule has 1 heterocycles. The number of nitrogens with zero attached hydrogens (tertiary/aromatic N) is 1. The average Bonchev–Trinajstić information content (AvgIpc) is 3.20. The van der Waals surface area contributed by atoms with Gasteiger partial charge in [-0.3, -0.25) is 4.90 Å². The normalized spacial score (nSPS) is 15.9. The van der Waals surface area contributed by atoms with E-state index in [-0.39, 0.29) is 6.10 Å². The van der Waals surface area contributed by atoms with Crippen molar-refractivity contribution in [3.05, 3.63) is 59.7 Å². The van der Waals surface area contributed by atoms with Crippen LogP contribution in [0, 0.1) is 0 Å². The van der Waals surface area contributed by atoms with Crippen LogP contribution in [0.25, 0.3) is 0 Å². The minimum atomic E-state index is 0.183. The summed E-state index contributed by atoms with van der Waals surface area (Å²) in [5.41, 5.74) is 2.55. The third-order valence-corrected chi connectivity index (χ3v) is 5.07. The molecule has 1 N–H and O–H groups in total. The van der Waals surface area contributed by atoms with Crippen molar-refractivity contribution < 1.29 is 9.47 Å². The van der Waals surface area contributed by atoms with Crippen LogP contribution in [0.1, 0.15) is 43.9 Å².